The van der Waals surface area contributed by atoms with Gasteiger partial charge < -0.3 is 10.1 Å². The zero-order valence-corrected chi connectivity index (χ0v) is 14.8. The Morgan fingerprint density at radius 2 is 1.92 bits per heavy atom. The highest BCUT2D eigenvalue weighted by Gasteiger charge is 2.40. The van der Waals surface area contributed by atoms with Crippen LogP contribution < -0.4 is 15.0 Å². The minimum atomic E-state index is -0.594. The lowest BCUT2D eigenvalue weighted by Crippen LogP contribution is -2.35. The van der Waals surface area contributed by atoms with E-state index in [0.29, 0.717) is 22.9 Å². The number of halogens is 1. The molecule has 3 rings (SSSR count). The third-order valence-electron chi connectivity index (χ3n) is 4.13. The fraction of sp³-hybridized carbons (Fsp3) is 0.263. The molecule has 0 aliphatic carbocycles. The van der Waals surface area contributed by atoms with E-state index in [2.05, 4.69) is 5.32 Å². The first-order valence-corrected chi connectivity index (χ1v) is 8.50. The van der Waals surface area contributed by atoms with E-state index >= 15 is 0 Å². The maximum atomic E-state index is 12.7. The average molecular weight is 359 g/mol. The number of imide groups is 1. The highest BCUT2D eigenvalue weighted by molar-refractivity contribution is 6.32. The first-order chi connectivity index (χ1) is 12.0. The Kier molecular flexibility index (Phi) is 4.95. The number of anilines is 2. The van der Waals surface area contributed by atoms with Crippen molar-refractivity contribution in [3.63, 3.8) is 0 Å². The van der Waals surface area contributed by atoms with Crippen LogP contribution in [0.3, 0.4) is 0 Å². The van der Waals surface area contributed by atoms with E-state index in [-0.39, 0.29) is 18.2 Å². The van der Waals surface area contributed by atoms with E-state index in [1.807, 2.05) is 31.2 Å². The summed E-state index contributed by atoms with van der Waals surface area (Å²) in [7, 11) is 0. The summed E-state index contributed by atoms with van der Waals surface area (Å²) >= 11 is 6.12. The second kappa shape index (κ2) is 7.15. The largest absolute Gasteiger partial charge is 0.494 e. The number of hydrogen-bond acceptors (Lipinski definition) is 4. The van der Waals surface area contributed by atoms with E-state index < -0.39 is 6.04 Å². The number of hydrogen-bond donors (Lipinski definition) is 1. The van der Waals surface area contributed by atoms with Crippen LogP contribution in [0.4, 0.5) is 11.4 Å². The van der Waals surface area contributed by atoms with Crippen LogP contribution in [0.1, 0.15) is 18.9 Å². The molecule has 1 saturated heterocycles. The van der Waals surface area contributed by atoms with Crippen molar-refractivity contribution in [2.75, 3.05) is 16.8 Å². The highest BCUT2D eigenvalue weighted by atomic mass is 35.5. The second-order valence-corrected chi connectivity index (χ2v) is 6.22. The Hall–Kier alpha value is -2.53. The zero-order valence-electron chi connectivity index (χ0n) is 14.1. The lowest BCUT2D eigenvalue weighted by atomic mass is 10.2. The predicted molar refractivity (Wildman–Crippen MR) is 98.3 cm³/mol. The van der Waals surface area contributed by atoms with Gasteiger partial charge >= 0.3 is 0 Å². The van der Waals surface area contributed by atoms with Crippen molar-refractivity contribution < 1.29 is 14.3 Å². The quantitative estimate of drug-likeness (QED) is 0.826. The van der Waals surface area contributed by atoms with Gasteiger partial charge in [-0.25, -0.2) is 4.90 Å². The van der Waals surface area contributed by atoms with Crippen molar-refractivity contribution in [1.82, 2.24) is 0 Å². The standard InChI is InChI=1S/C19H19ClN2O3/c1-3-25-14-9-7-13(8-10-14)21-16-11-18(23)22(19(16)24)17-6-4-5-15(20)12(17)2/h4-10,16,21H,3,11H2,1-2H3. The fourth-order valence-corrected chi connectivity index (χ4v) is 3.02. The topological polar surface area (TPSA) is 58.6 Å². The molecule has 1 atom stereocenters. The molecule has 1 aliphatic heterocycles. The van der Waals surface area contributed by atoms with E-state index in [0.717, 1.165) is 11.4 Å². The summed E-state index contributed by atoms with van der Waals surface area (Å²) in [5, 5.41) is 3.65. The first kappa shape index (κ1) is 17.3. The molecule has 2 aromatic rings. The monoisotopic (exact) mass is 358 g/mol. The molecular formula is C19H19ClN2O3. The molecule has 5 nitrogen and oxygen atoms in total. The fourth-order valence-electron chi connectivity index (χ4n) is 2.85. The van der Waals surface area contributed by atoms with Gasteiger partial charge in [-0.15, -0.1) is 0 Å². The lowest BCUT2D eigenvalue weighted by molar-refractivity contribution is -0.121. The summed E-state index contributed by atoms with van der Waals surface area (Å²) in [6.45, 7) is 4.31. The molecule has 2 amide bonds. The molecule has 1 fully saturated rings. The van der Waals surface area contributed by atoms with Crippen molar-refractivity contribution >= 4 is 34.8 Å². The van der Waals surface area contributed by atoms with Gasteiger partial charge in [0.1, 0.15) is 11.8 Å². The van der Waals surface area contributed by atoms with Crippen LogP contribution in [-0.4, -0.2) is 24.5 Å². The zero-order chi connectivity index (χ0) is 18.0. The minimum absolute atomic E-state index is 0.109. The van der Waals surface area contributed by atoms with Crippen molar-refractivity contribution in [1.29, 1.82) is 0 Å². The summed E-state index contributed by atoms with van der Waals surface area (Å²) in [5.74, 6) is 0.251. The number of rotatable bonds is 5. The number of carbonyl (C=O) groups is 2. The van der Waals surface area contributed by atoms with E-state index in [9.17, 15) is 9.59 Å². The Balaban J connectivity index is 1.78. The van der Waals surface area contributed by atoms with Crippen LogP contribution in [-0.2, 0) is 9.59 Å². The van der Waals surface area contributed by atoms with Gasteiger partial charge in [-0.05, 0) is 55.8 Å². The molecule has 130 valence electrons. The summed E-state index contributed by atoms with van der Waals surface area (Å²) in [6.07, 6.45) is 0.109. The Bertz CT molecular complexity index is 805. The normalized spacial score (nSPS) is 17.1. The third kappa shape index (κ3) is 3.46. The van der Waals surface area contributed by atoms with Gasteiger partial charge in [0.25, 0.3) is 5.91 Å². The Labute approximate surface area is 151 Å². The maximum absolute atomic E-state index is 12.7. The van der Waals surface area contributed by atoms with Gasteiger partial charge in [0.2, 0.25) is 5.91 Å². The number of carbonyl (C=O) groups excluding carboxylic acids is 2. The highest BCUT2D eigenvalue weighted by Crippen LogP contribution is 2.31. The van der Waals surface area contributed by atoms with Gasteiger partial charge in [0.05, 0.1) is 18.7 Å². The van der Waals surface area contributed by atoms with Gasteiger partial charge in [0.15, 0.2) is 0 Å². The summed E-state index contributed by atoms with van der Waals surface area (Å²) in [4.78, 5) is 26.3. The van der Waals surface area contributed by atoms with Crippen molar-refractivity contribution in [2.45, 2.75) is 26.3 Å². The SMILES string of the molecule is CCOc1ccc(NC2CC(=O)N(c3cccc(Cl)c3C)C2=O)cc1. The molecule has 1 unspecified atom stereocenters. The smallest absolute Gasteiger partial charge is 0.256 e. The summed E-state index contributed by atoms with van der Waals surface area (Å²) in [6, 6.07) is 11.9. The van der Waals surface area contributed by atoms with Crippen LogP contribution in [0.25, 0.3) is 0 Å². The summed E-state index contributed by atoms with van der Waals surface area (Å²) < 4.78 is 5.40. The molecule has 1 heterocycles. The van der Waals surface area contributed by atoms with Crippen LogP contribution in [0.15, 0.2) is 42.5 Å². The van der Waals surface area contributed by atoms with Crippen molar-refractivity contribution in [3.8, 4) is 5.75 Å². The Morgan fingerprint density at radius 3 is 2.60 bits per heavy atom. The van der Waals surface area contributed by atoms with Gasteiger partial charge in [-0.1, -0.05) is 17.7 Å². The molecular weight excluding hydrogens is 340 g/mol. The van der Waals surface area contributed by atoms with Crippen molar-refractivity contribution in [3.05, 3.63) is 53.1 Å². The lowest BCUT2D eigenvalue weighted by Gasteiger charge is -2.18. The summed E-state index contributed by atoms with van der Waals surface area (Å²) in [5.41, 5.74) is 2.02. The number of nitrogens with zero attached hydrogens (tertiary/aromatic N) is 1. The molecule has 1 aliphatic rings. The van der Waals surface area contributed by atoms with Gasteiger partial charge in [0, 0.05) is 10.7 Å². The second-order valence-electron chi connectivity index (χ2n) is 5.81. The van der Waals surface area contributed by atoms with E-state index in [4.69, 9.17) is 16.3 Å². The number of benzene rings is 2. The van der Waals surface area contributed by atoms with Crippen LogP contribution in [0, 0.1) is 6.92 Å². The van der Waals surface area contributed by atoms with Crippen LogP contribution in [0.5, 0.6) is 5.75 Å². The molecule has 0 spiro atoms. The van der Waals surface area contributed by atoms with Crippen molar-refractivity contribution in [2.24, 2.45) is 0 Å². The predicted octanol–water partition coefficient (Wildman–Crippen LogP) is 3.79. The van der Waals surface area contributed by atoms with Gasteiger partial charge in [-0.3, -0.25) is 9.59 Å². The third-order valence-corrected chi connectivity index (χ3v) is 4.54. The number of amides is 2. The number of ether oxygens (including phenoxy) is 1. The molecule has 25 heavy (non-hydrogen) atoms. The molecule has 0 radical (unpaired) electrons. The van der Waals surface area contributed by atoms with Gasteiger partial charge in [-0.2, -0.15) is 0 Å². The van der Waals surface area contributed by atoms with Crippen LogP contribution in [0.2, 0.25) is 5.02 Å². The van der Waals surface area contributed by atoms with Crippen LogP contribution >= 0.6 is 11.6 Å². The van der Waals surface area contributed by atoms with E-state index in [1.54, 1.807) is 25.1 Å². The molecule has 0 saturated carbocycles. The number of nitrogens with one attached hydrogen (secondary N) is 1. The molecule has 0 bridgehead atoms. The first-order valence-electron chi connectivity index (χ1n) is 8.12. The molecule has 0 aromatic heterocycles. The molecule has 6 heteroatoms. The Morgan fingerprint density at radius 1 is 1.20 bits per heavy atom. The minimum Gasteiger partial charge on any atom is -0.494 e. The molecule has 2 aromatic carbocycles. The van der Waals surface area contributed by atoms with E-state index in [1.165, 1.54) is 4.90 Å². The average Bonchev–Trinajstić information content (AvgIpc) is 2.86. The maximum Gasteiger partial charge on any atom is 0.256 e. The molecule has 1 N–H and O–H groups in total.